The number of fused-ring (bicyclic) bond motifs is 1. The van der Waals surface area contributed by atoms with Gasteiger partial charge in [-0.3, -0.25) is 4.79 Å². The van der Waals surface area contributed by atoms with Crippen molar-refractivity contribution in [2.75, 3.05) is 18.8 Å². The number of benzene rings is 1. The van der Waals surface area contributed by atoms with Gasteiger partial charge in [-0.2, -0.15) is 0 Å². The summed E-state index contributed by atoms with van der Waals surface area (Å²) in [5.41, 5.74) is 6.56. The van der Waals surface area contributed by atoms with E-state index in [9.17, 15) is 9.18 Å². The Morgan fingerprint density at radius 3 is 2.84 bits per heavy atom. The van der Waals surface area contributed by atoms with Crippen molar-refractivity contribution in [1.29, 1.82) is 0 Å². The number of amides is 1. The summed E-state index contributed by atoms with van der Waals surface area (Å²) in [7, 11) is 0. The van der Waals surface area contributed by atoms with Gasteiger partial charge in [0.25, 0.3) is 0 Å². The standard InChI is InChI=1S/C13H15FN4O/c14-9-4-3-5-10-12(9)16-13(15)18(10)8-11(19)17-6-1-2-7-17/h3-5H,1-2,6-8H2,(H2,15,16). The first-order valence-electron chi connectivity index (χ1n) is 6.35. The van der Waals surface area contributed by atoms with Crippen LogP contribution in [0.15, 0.2) is 18.2 Å². The SMILES string of the molecule is Nc1nc2c(F)cccc2n1CC(=O)N1CCCC1. The Bertz CT molecular complexity index is 631. The zero-order chi connectivity index (χ0) is 13.4. The van der Waals surface area contributed by atoms with Gasteiger partial charge in [0.05, 0.1) is 5.52 Å². The first-order valence-corrected chi connectivity index (χ1v) is 6.35. The van der Waals surface area contributed by atoms with Crippen molar-refractivity contribution in [3.8, 4) is 0 Å². The third-order valence-corrected chi connectivity index (χ3v) is 3.51. The molecule has 2 N–H and O–H groups in total. The largest absolute Gasteiger partial charge is 0.369 e. The summed E-state index contributed by atoms with van der Waals surface area (Å²) in [4.78, 5) is 17.9. The zero-order valence-corrected chi connectivity index (χ0v) is 10.5. The fourth-order valence-corrected chi connectivity index (χ4v) is 2.50. The van der Waals surface area contributed by atoms with E-state index in [0.717, 1.165) is 25.9 Å². The molecule has 1 aliphatic rings. The summed E-state index contributed by atoms with van der Waals surface area (Å²) in [5.74, 6) is -0.239. The summed E-state index contributed by atoms with van der Waals surface area (Å²) in [5, 5.41) is 0. The normalized spacial score (nSPS) is 15.3. The van der Waals surface area contributed by atoms with Crippen molar-refractivity contribution in [1.82, 2.24) is 14.5 Å². The number of aromatic nitrogens is 2. The molecule has 1 aliphatic heterocycles. The third-order valence-electron chi connectivity index (χ3n) is 3.51. The molecule has 19 heavy (non-hydrogen) atoms. The van der Waals surface area contributed by atoms with Crippen LogP contribution in [0.1, 0.15) is 12.8 Å². The number of anilines is 1. The molecule has 3 rings (SSSR count). The third kappa shape index (κ3) is 2.03. The maximum Gasteiger partial charge on any atom is 0.242 e. The van der Waals surface area contributed by atoms with Crippen LogP contribution in [0.3, 0.4) is 0 Å². The molecule has 1 aromatic carbocycles. The van der Waals surface area contributed by atoms with Crippen LogP contribution in [0, 0.1) is 5.82 Å². The molecular formula is C13H15FN4O. The van der Waals surface area contributed by atoms with Gasteiger partial charge in [0.2, 0.25) is 11.9 Å². The average molecular weight is 262 g/mol. The van der Waals surface area contributed by atoms with Crippen LogP contribution >= 0.6 is 0 Å². The monoisotopic (exact) mass is 262 g/mol. The molecule has 0 atom stereocenters. The van der Waals surface area contributed by atoms with E-state index in [1.54, 1.807) is 16.7 Å². The Hall–Kier alpha value is -2.11. The van der Waals surface area contributed by atoms with Crippen LogP contribution < -0.4 is 5.73 Å². The molecule has 0 radical (unpaired) electrons. The van der Waals surface area contributed by atoms with Gasteiger partial charge in [-0.25, -0.2) is 9.37 Å². The summed E-state index contributed by atoms with van der Waals surface area (Å²) in [6.07, 6.45) is 2.08. The lowest BCUT2D eigenvalue weighted by Gasteiger charge is -2.16. The first-order chi connectivity index (χ1) is 9.16. The maximum atomic E-state index is 13.6. The van der Waals surface area contributed by atoms with E-state index in [4.69, 9.17) is 5.73 Å². The molecule has 1 amide bonds. The number of nitrogens with zero attached hydrogens (tertiary/aromatic N) is 3. The number of likely N-dealkylation sites (tertiary alicyclic amines) is 1. The van der Waals surface area contributed by atoms with Gasteiger partial charge < -0.3 is 15.2 Å². The van der Waals surface area contributed by atoms with Gasteiger partial charge in [-0.1, -0.05) is 6.07 Å². The highest BCUT2D eigenvalue weighted by Gasteiger charge is 2.20. The van der Waals surface area contributed by atoms with Gasteiger partial charge >= 0.3 is 0 Å². The molecule has 0 unspecified atom stereocenters. The molecular weight excluding hydrogens is 247 g/mol. The fourth-order valence-electron chi connectivity index (χ4n) is 2.50. The lowest BCUT2D eigenvalue weighted by atomic mass is 10.3. The molecule has 2 heterocycles. The number of para-hydroxylation sites is 1. The Kier molecular flexibility index (Phi) is 2.85. The Balaban J connectivity index is 1.94. The molecule has 2 aromatic rings. The molecule has 100 valence electrons. The zero-order valence-electron chi connectivity index (χ0n) is 10.5. The topological polar surface area (TPSA) is 64.1 Å². The minimum absolute atomic E-state index is 0.00719. The van der Waals surface area contributed by atoms with E-state index in [1.165, 1.54) is 6.07 Å². The highest BCUT2D eigenvalue weighted by atomic mass is 19.1. The minimum atomic E-state index is -0.420. The van der Waals surface area contributed by atoms with Gasteiger partial charge in [0, 0.05) is 13.1 Å². The number of rotatable bonds is 2. The highest BCUT2D eigenvalue weighted by Crippen LogP contribution is 2.21. The van der Waals surface area contributed by atoms with Crippen LogP contribution in [0.5, 0.6) is 0 Å². The van der Waals surface area contributed by atoms with Crippen LogP contribution in [0.4, 0.5) is 10.3 Å². The predicted molar refractivity (Wildman–Crippen MR) is 69.9 cm³/mol. The van der Waals surface area contributed by atoms with Crippen LogP contribution in [-0.2, 0) is 11.3 Å². The van der Waals surface area contributed by atoms with Crippen molar-refractivity contribution < 1.29 is 9.18 Å². The first kappa shape index (κ1) is 12.0. The quantitative estimate of drug-likeness (QED) is 0.889. The van der Waals surface area contributed by atoms with Crippen molar-refractivity contribution >= 4 is 22.9 Å². The van der Waals surface area contributed by atoms with Gasteiger partial charge in [0.15, 0.2) is 5.82 Å². The number of nitrogens with two attached hydrogens (primary N) is 1. The summed E-state index contributed by atoms with van der Waals surface area (Å²) >= 11 is 0. The Morgan fingerprint density at radius 1 is 1.37 bits per heavy atom. The molecule has 5 nitrogen and oxygen atoms in total. The van der Waals surface area contributed by atoms with E-state index < -0.39 is 5.82 Å². The number of carbonyl (C=O) groups excluding carboxylic acids is 1. The molecule has 1 fully saturated rings. The van der Waals surface area contributed by atoms with Crippen LogP contribution in [0.25, 0.3) is 11.0 Å². The van der Waals surface area contributed by atoms with Crippen LogP contribution in [0.2, 0.25) is 0 Å². The van der Waals surface area contributed by atoms with Crippen molar-refractivity contribution in [2.24, 2.45) is 0 Å². The second kappa shape index (κ2) is 4.53. The number of nitrogen functional groups attached to an aromatic ring is 1. The summed E-state index contributed by atoms with van der Waals surface area (Å²) in [6, 6.07) is 4.65. The second-order valence-electron chi connectivity index (χ2n) is 4.75. The number of halogens is 1. The minimum Gasteiger partial charge on any atom is -0.369 e. The molecule has 1 saturated heterocycles. The lowest BCUT2D eigenvalue weighted by molar-refractivity contribution is -0.130. The van der Waals surface area contributed by atoms with Crippen molar-refractivity contribution in [3.63, 3.8) is 0 Å². The fraction of sp³-hybridized carbons (Fsp3) is 0.385. The molecule has 0 aliphatic carbocycles. The number of hydrogen-bond acceptors (Lipinski definition) is 3. The van der Waals surface area contributed by atoms with E-state index >= 15 is 0 Å². The van der Waals surface area contributed by atoms with Crippen LogP contribution in [-0.4, -0.2) is 33.4 Å². The molecule has 1 aromatic heterocycles. The highest BCUT2D eigenvalue weighted by molar-refractivity contribution is 5.83. The molecule has 0 saturated carbocycles. The number of carbonyl (C=O) groups is 1. The lowest BCUT2D eigenvalue weighted by Crippen LogP contribution is -2.31. The smallest absolute Gasteiger partial charge is 0.242 e. The Morgan fingerprint density at radius 2 is 2.11 bits per heavy atom. The van der Waals surface area contributed by atoms with Gasteiger partial charge in [-0.05, 0) is 25.0 Å². The second-order valence-corrected chi connectivity index (χ2v) is 4.75. The molecule has 6 heteroatoms. The molecule has 0 spiro atoms. The maximum absolute atomic E-state index is 13.6. The van der Waals surface area contributed by atoms with Gasteiger partial charge in [-0.15, -0.1) is 0 Å². The van der Waals surface area contributed by atoms with E-state index in [0.29, 0.717) is 5.52 Å². The van der Waals surface area contributed by atoms with Crippen molar-refractivity contribution in [2.45, 2.75) is 19.4 Å². The number of imidazole rings is 1. The summed E-state index contributed by atoms with van der Waals surface area (Å²) in [6.45, 7) is 1.70. The predicted octanol–water partition coefficient (Wildman–Crippen LogP) is 1.38. The van der Waals surface area contributed by atoms with E-state index in [2.05, 4.69) is 4.98 Å². The van der Waals surface area contributed by atoms with E-state index in [1.807, 2.05) is 4.90 Å². The average Bonchev–Trinajstić information content (AvgIpc) is 3.00. The van der Waals surface area contributed by atoms with Gasteiger partial charge in [0.1, 0.15) is 12.1 Å². The van der Waals surface area contributed by atoms with E-state index in [-0.39, 0.29) is 23.9 Å². The van der Waals surface area contributed by atoms with Crippen molar-refractivity contribution in [3.05, 3.63) is 24.0 Å². The Labute approximate surface area is 109 Å². The number of hydrogen-bond donors (Lipinski definition) is 1. The molecule has 0 bridgehead atoms. The summed E-state index contributed by atoms with van der Waals surface area (Å²) < 4.78 is 15.2.